The first kappa shape index (κ1) is 25.0. The molecule has 0 radical (unpaired) electrons. The van der Waals surface area contributed by atoms with Gasteiger partial charge in [-0.15, -0.1) is 0 Å². The first-order valence-electron chi connectivity index (χ1n) is 10.9. The van der Waals surface area contributed by atoms with Crippen molar-refractivity contribution in [2.75, 3.05) is 0 Å². The lowest BCUT2D eigenvalue weighted by Gasteiger charge is -2.46. The van der Waals surface area contributed by atoms with Gasteiger partial charge in [0.15, 0.2) is 0 Å². The SMILES string of the molecule is CC[C@@H](N[S@@](=O)C(C)(C)C)[C@H](C)O[Si](c1ccccc1)(c1ccccc1)C(C)(C)C. The lowest BCUT2D eigenvalue weighted by Crippen LogP contribution is -2.68. The van der Waals surface area contributed by atoms with Crippen LogP contribution in [0.15, 0.2) is 60.7 Å². The largest absolute Gasteiger partial charge is 0.403 e. The van der Waals surface area contributed by atoms with E-state index in [9.17, 15) is 4.21 Å². The van der Waals surface area contributed by atoms with E-state index in [4.69, 9.17) is 4.43 Å². The van der Waals surface area contributed by atoms with Crippen LogP contribution in [0.5, 0.6) is 0 Å². The summed E-state index contributed by atoms with van der Waals surface area (Å²) >= 11 is 0. The van der Waals surface area contributed by atoms with Crippen LogP contribution in [0.3, 0.4) is 0 Å². The Labute approximate surface area is 187 Å². The zero-order valence-electron chi connectivity index (χ0n) is 19.9. The van der Waals surface area contributed by atoms with E-state index < -0.39 is 19.3 Å². The molecule has 0 aliphatic heterocycles. The summed E-state index contributed by atoms with van der Waals surface area (Å²) in [7, 11) is -3.77. The molecule has 3 atom stereocenters. The van der Waals surface area contributed by atoms with Gasteiger partial charge in [0.1, 0.15) is 0 Å². The molecule has 3 nitrogen and oxygen atoms in total. The first-order chi connectivity index (χ1) is 13.9. The van der Waals surface area contributed by atoms with Crippen molar-refractivity contribution in [3.05, 3.63) is 60.7 Å². The van der Waals surface area contributed by atoms with Gasteiger partial charge < -0.3 is 4.43 Å². The van der Waals surface area contributed by atoms with Crippen LogP contribution in [0.4, 0.5) is 0 Å². The van der Waals surface area contributed by atoms with E-state index in [1.807, 2.05) is 20.8 Å². The Kier molecular flexibility index (Phi) is 8.25. The minimum Gasteiger partial charge on any atom is -0.403 e. The molecule has 1 N–H and O–H groups in total. The fraction of sp³-hybridized carbons (Fsp3) is 0.520. The van der Waals surface area contributed by atoms with Gasteiger partial charge in [0.25, 0.3) is 8.32 Å². The molecule has 0 aliphatic carbocycles. The average molecular weight is 446 g/mol. The van der Waals surface area contributed by atoms with Crippen molar-refractivity contribution in [2.24, 2.45) is 0 Å². The lowest BCUT2D eigenvalue weighted by molar-refractivity contribution is 0.167. The highest BCUT2D eigenvalue weighted by atomic mass is 32.2. The molecular weight excluding hydrogens is 406 g/mol. The number of hydrogen-bond acceptors (Lipinski definition) is 2. The summed E-state index contributed by atoms with van der Waals surface area (Å²) < 4.78 is 23.0. The second kappa shape index (κ2) is 9.90. The number of rotatable bonds is 8. The van der Waals surface area contributed by atoms with Crippen molar-refractivity contribution < 1.29 is 8.63 Å². The summed E-state index contributed by atoms with van der Waals surface area (Å²) in [5.74, 6) is 0. The van der Waals surface area contributed by atoms with E-state index in [1.165, 1.54) is 10.4 Å². The van der Waals surface area contributed by atoms with Crippen LogP contribution in [0.25, 0.3) is 0 Å². The summed E-state index contributed by atoms with van der Waals surface area (Å²) in [5, 5.41) is 2.45. The van der Waals surface area contributed by atoms with Gasteiger partial charge in [-0.05, 0) is 49.5 Å². The van der Waals surface area contributed by atoms with E-state index in [0.717, 1.165) is 6.42 Å². The Hall–Kier alpha value is -1.27. The second-order valence-electron chi connectivity index (χ2n) is 10.00. The molecule has 0 bridgehead atoms. The van der Waals surface area contributed by atoms with Crippen LogP contribution in [-0.4, -0.2) is 29.4 Å². The maximum absolute atomic E-state index is 12.8. The Morgan fingerprint density at radius 1 is 0.900 bits per heavy atom. The van der Waals surface area contributed by atoms with Crippen molar-refractivity contribution >= 4 is 29.7 Å². The molecule has 5 heteroatoms. The molecule has 0 heterocycles. The van der Waals surface area contributed by atoms with Crippen molar-refractivity contribution in [2.45, 2.75) is 83.7 Å². The molecule has 2 rings (SSSR count). The summed E-state index contributed by atoms with van der Waals surface area (Å²) in [6, 6.07) is 21.4. The van der Waals surface area contributed by atoms with E-state index in [0.29, 0.717) is 0 Å². The van der Waals surface area contributed by atoms with Gasteiger partial charge in [0.2, 0.25) is 0 Å². The Morgan fingerprint density at radius 2 is 1.33 bits per heavy atom. The molecule has 0 saturated heterocycles. The van der Waals surface area contributed by atoms with Crippen molar-refractivity contribution in [3.63, 3.8) is 0 Å². The highest BCUT2D eigenvalue weighted by Gasteiger charge is 2.51. The fourth-order valence-corrected chi connectivity index (χ4v) is 9.60. The zero-order valence-corrected chi connectivity index (χ0v) is 21.7. The maximum atomic E-state index is 12.8. The average Bonchev–Trinajstić information content (AvgIpc) is 2.69. The molecule has 166 valence electrons. The number of benzene rings is 2. The summed E-state index contributed by atoms with van der Waals surface area (Å²) in [6.07, 6.45) is 0.758. The first-order valence-corrected chi connectivity index (χ1v) is 14.0. The molecule has 0 amide bonds. The highest BCUT2D eigenvalue weighted by Crippen LogP contribution is 2.38. The normalized spacial score (nSPS) is 16.1. The molecule has 0 aliphatic rings. The van der Waals surface area contributed by atoms with Crippen LogP contribution >= 0.6 is 0 Å². The van der Waals surface area contributed by atoms with E-state index >= 15 is 0 Å². The van der Waals surface area contributed by atoms with Gasteiger partial charge in [0, 0.05) is 6.04 Å². The van der Waals surface area contributed by atoms with Gasteiger partial charge >= 0.3 is 0 Å². The third-order valence-electron chi connectivity index (χ3n) is 5.60. The molecule has 30 heavy (non-hydrogen) atoms. The minimum atomic E-state index is -2.63. The molecule has 0 spiro atoms. The number of hydrogen-bond donors (Lipinski definition) is 1. The summed E-state index contributed by atoms with van der Waals surface area (Å²) in [5.41, 5.74) is 0. The van der Waals surface area contributed by atoms with E-state index in [2.05, 4.69) is 100 Å². The third-order valence-corrected chi connectivity index (χ3v) is 12.4. The van der Waals surface area contributed by atoms with Crippen LogP contribution in [0.1, 0.15) is 61.8 Å². The van der Waals surface area contributed by atoms with Crippen LogP contribution in [0, 0.1) is 0 Å². The molecule has 0 saturated carbocycles. The quantitative estimate of drug-likeness (QED) is 0.594. The van der Waals surface area contributed by atoms with Gasteiger partial charge in [-0.3, -0.25) is 0 Å². The zero-order chi connectivity index (χ0) is 22.6. The van der Waals surface area contributed by atoms with Crippen LogP contribution < -0.4 is 15.1 Å². The van der Waals surface area contributed by atoms with Gasteiger partial charge in [0.05, 0.1) is 21.8 Å². The smallest absolute Gasteiger partial charge is 0.261 e. The van der Waals surface area contributed by atoms with Crippen molar-refractivity contribution in [1.82, 2.24) is 4.72 Å². The van der Waals surface area contributed by atoms with Gasteiger partial charge in [-0.25, -0.2) is 8.93 Å². The molecule has 0 fully saturated rings. The summed E-state index contributed by atoms with van der Waals surface area (Å²) in [6.45, 7) is 17.1. The lowest BCUT2D eigenvalue weighted by atomic mass is 10.1. The van der Waals surface area contributed by atoms with Crippen LogP contribution in [-0.2, 0) is 15.4 Å². The van der Waals surface area contributed by atoms with Crippen molar-refractivity contribution in [3.8, 4) is 0 Å². The maximum Gasteiger partial charge on any atom is 0.261 e. The molecule has 0 unspecified atom stereocenters. The van der Waals surface area contributed by atoms with E-state index in [1.54, 1.807) is 0 Å². The Morgan fingerprint density at radius 3 is 1.67 bits per heavy atom. The molecule has 0 aromatic heterocycles. The van der Waals surface area contributed by atoms with Crippen molar-refractivity contribution in [1.29, 1.82) is 0 Å². The Bertz CT molecular complexity index is 773. The molecular formula is C25H39NO2SSi. The van der Waals surface area contributed by atoms with Crippen LogP contribution in [0.2, 0.25) is 5.04 Å². The molecule has 2 aromatic carbocycles. The highest BCUT2D eigenvalue weighted by molar-refractivity contribution is 7.84. The molecule has 2 aromatic rings. The number of nitrogens with one attached hydrogen (secondary N) is 1. The van der Waals surface area contributed by atoms with Gasteiger partial charge in [-0.1, -0.05) is 88.4 Å². The topological polar surface area (TPSA) is 38.3 Å². The summed E-state index contributed by atoms with van der Waals surface area (Å²) in [4.78, 5) is 0. The standard InChI is InChI=1S/C25H39NO2SSi/c1-9-23(26-29(27)24(3,4)5)20(2)28-30(25(6,7)8,21-16-12-10-13-17-21)22-18-14-11-15-19-22/h10-20,23,26H,9H2,1-8H3/t20-,23+,29-/m0/s1. The van der Waals surface area contributed by atoms with E-state index in [-0.39, 0.29) is 21.9 Å². The fourth-order valence-electron chi connectivity index (χ4n) is 3.88. The second-order valence-corrected chi connectivity index (χ2v) is 16.3. The minimum absolute atomic E-state index is 0.00621. The third kappa shape index (κ3) is 5.50. The predicted octanol–water partition coefficient (Wildman–Crippen LogP) is 4.78. The van der Waals surface area contributed by atoms with Gasteiger partial charge in [-0.2, -0.15) is 0 Å². The Balaban J connectivity index is 2.54. The predicted molar refractivity (Wildman–Crippen MR) is 133 cm³/mol. The monoisotopic (exact) mass is 445 g/mol.